The average Bonchev–Trinajstić information content (AvgIpc) is 2.37. The van der Waals surface area contributed by atoms with Gasteiger partial charge >= 0.3 is 0 Å². The highest BCUT2D eigenvalue weighted by Crippen LogP contribution is 2.31. The molecule has 0 atom stereocenters. The van der Waals surface area contributed by atoms with Crippen molar-refractivity contribution in [3.8, 4) is 11.8 Å². The van der Waals surface area contributed by atoms with Gasteiger partial charge in [0.15, 0.2) is 5.60 Å². The molecule has 5 heteroatoms. The lowest BCUT2D eigenvalue weighted by atomic mass is 9.97. The van der Waals surface area contributed by atoms with Crippen molar-refractivity contribution in [3.63, 3.8) is 0 Å². The van der Waals surface area contributed by atoms with Gasteiger partial charge in [0.1, 0.15) is 17.6 Å². The van der Waals surface area contributed by atoms with E-state index < -0.39 is 5.60 Å². The van der Waals surface area contributed by atoms with Crippen LogP contribution in [0.25, 0.3) is 0 Å². The fraction of sp³-hybridized carbons (Fsp3) is 0.562. The van der Waals surface area contributed by atoms with E-state index in [-0.39, 0.29) is 5.41 Å². The van der Waals surface area contributed by atoms with Crippen LogP contribution in [-0.2, 0) is 0 Å². The predicted octanol–water partition coefficient (Wildman–Crippen LogP) is 4.49. The number of hydrogen-bond donors (Lipinski definition) is 1. The van der Waals surface area contributed by atoms with Crippen LogP contribution in [0.4, 0.5) is 5.82 Å². The van der Waals surface area contributed by atoms with Crippen LogP contribution >= 0.6 is 11.8 Å². The molecule has 0 saturated carbocycles. The van der Waals surface area contributed by atoms with Crippen LogP contribution in [0.2, 0.25) is 0 Å². The quantitative estimate of drug-likeness (QED) is 0.784. The lowest BCUT2D eigenvalue weighted by Gasteiger charge is -2.21. The van der Waals surface area contributed by atoms with Gasteiger partial charge in [-0.15, -0.1) is 11.8 Å². The fourth-order valence-electron chi connectivity index (χ4n) is 1.46. The van der Waals surface area contributed by atoms with Crippen molar-refractivity contribution >= 4 is 17.6 Å². The molecule has 0 spiro atoms. The first-order valence-electron chi connectivity index (χ1n) is 7.01. The van der Waals surface area contributed by atoms with Crippen LogP contribution in [0.1, 0.15) is 41.5 Å². The Morgan fingerprint density at radius 2 is 2.05 bits per heavy atom. The van der Waals surface area contributed by atoms with E-state index in [9.17, 15) is 0 Å². The molecule has 0 saturated heterocycles. The minimum Gasteiger partial charge on any atom is -0.471 e. The van der Waals surface area contributed by atoms with E-state index in [0.29, 0.717) is 5.75 Å². The summed E-state index contributed by atoms with van der Waals surface area (Å²) >= 11 is 1.69. The summed E-state index contributed by atoms with van der Waals surface area (Å²) in [5.74, 6) is 2.37. The maximum absolute atomic E-state index is 9.04. The molecule has 0 fully saturated rings. The average molecular weight is 306 g/mol. The van der Waals surface area contributed by atoms with Crippen molar-refractivity contribution in [2.75, 3.05) is 11.1 Å². The predicted molar refractivity (Wildman–Crippen MR) is 88.3 cm³/mol. The van der Waals surface area contributed by atoms with E-state index in [1.807, 2.05) is 12.6 Å². The molecule has 21 heavy (non-hydrogen) atoms. The molecule has 4 nitrogen and oxygen atoms in total. The van der Waals surface area contributed by atoms with E-state index in [0.717, 1.165) is 16.5 Å². The van der Waals surface area contributed by atoms with Crippen molar-refractivity contribution in [2.24, 2.45) is 5.41 Å². The van der Waals surface area contributed by atoms with E-state index in [4.69, 9.17) is 10.00 Å². The van der Waals surface area contributed by atoms with Gasteiger partial charge in [-0.05, 0) is 31.1 Å². The van der Waals surface area contributed by atoms with Gasteiger partial charge in [0.25, 0.3) is 0 Å². The van der Waals surface area contributed by atoms with E-state index in [1.54, 1.807) is 31.8 Å². The van der Waals surface area contributed by atoms with Crippen LogP contribution < -0.4 is 10.1 Å². The Bertz CT molecular complexity index is 515. The van der Waals surface area contributed by atoms with Gasteiger partial charge in [0.05, 0.1) is 17.6 Å². The zero-order chi connectivity index (χ0) is 16.1. The second-order valence-electron chi connectivity index (χ2n) is 6.33. The topological polar surface area (TPSA) is 57.9 Å². The second kappa shape index (κ2) is 7.04. The maximum atomic E-state index is 9.04. The Labute approximate surface area is 132 Å². The van der Waals surface area contributed by atoms with Crippen LogP contribution in [-0.4, -0.2) is 16.3 Å². The highest BCUT2D eigenvalue weighted by Gasteiger charge is 2.20. The monoisotopic (exact) mass is 306 g/mol. The molecular formula is C16H24N3OS. The number of aromatic nitrogens is 1. The molecule has 1 aromatic heterocycles. The summed E-state index contributed by atoms with van der Waals surface area (Å²) in [6.07, 6.45) is 1.65. The van der Waals surface area contributed by atoms with Crippen LogP contribution in [0.15, 0.2) is 17.2 Å². The largest absolute Gasteiger partial charge is 0.471 e. The standard InChI is InChI=1S/C16H24N3OS/c1-7-21-13-8-12(20-16(5,6)10-17)9-18-14(13)19-11-15(2,3)4/h8-9,11H,7H2,1-6H3,(H,18,19). The maximum Gasteiger partial charge on any atom is 0.188 e. The number of thioether (sulfide) groups is 1. The van der Waals surface area contributed by atoms with Crippen LogP contribution in [0, 0.1) is 23.3 Å². The smallest absolute Gasteiger partial charge is 0.188 e. The Hall–Kier alpha value is -1.41. The summed E-state index contributed by atoms with van der Waals surface area (Å²) in [6, 6.07) is 4.05. The van der Waals surface area contributed by atoms with Gasteiger partial charge in [-0.2, -0.15) is 5.26 Å². The lowest BCUT2D eigenvalue weighted by molar-refractivity contribution is 0.169. The van der Waals surface area contributed by atoms with Gasteiger partial charge in [-0.25, -0.2) is 4.98 Å². The molecule has 0 aliphatic heterocycles. The number of nitrogens with zero attached hydrogens (tertiary/aromatic N) is 2. The van der Waals surface area contributed by atoms with Gasteiger partial charge in [0, 0.05) is 0 Å². The number of hydrogen-bond acceptors (Lipinski definition) is 5. The Kier molecular flexibility index (Phi) is 5.91. The molecule has 1 rings (SSSR count). The van der Waals surface area contributed by atoms with Crippen LogP contribution in [0.3, 0.4) is 0 Å². The Morgan fingerprint density at radius 3 is 2.57 bits per heavy atom. The first-order chi connectivity index (χ1) is 9.67. The summed E-state index contributed by atoms with van der Waals surface area (Å²) in [4.78, 5) is 5.44. The molecule has 0 bridgehead atoms. The molecule has 0 aromatic carbocycles. The van der Waals surface area contributed by atoms with Crippen molar-refractivity contribution in [2.45, 2.75) is 52.0 Å². The lowest BCUT2D eigenvalue weighted by Crippen LogP contribution is -2.25. The number of pyridine rings is 1. The summed E-state index contributed by atoms with van der Waals surface area (Å²) in [5.41, 5.74) is -0.796. The highest BCUT2D eigenvalue weighted by molar-refractivity contribution is 7.99. The fourth-order valence-corrected chi connectivity index (χ4v) is 2.22. The summed E-state index contributed by atoms with van der Waals surface area (Å²) in [5, 5.41) is 12.3. The van der Waals surface area contributed by atoms with Crippen molar-refractivity contribution in [1.29, 1.82) is 5.26 Å². The third-order valence-corrected chi connectivity index (χ3v) is 3.32. The molecule has 0 aliphatic carbocycles. The molecule has 115 valence electrons. The number of ether oxygens (including phenoxy) is 1. The summed E-state index contributed by atoms with van der Waals surface area (Å²) in [7, 11) is 0. The number of anilines is 1. The number of nitriles is 1. The van der Waals surface area contributed by atoms with Gasteiger partial charge in [0.2, 0.25) is 0 Å². The number of rotatable bonds is 6. The van der Waals surface area contributed by atoms with Crippen molar-refractivity contribution < 1.29 is 4.74 Å². The van der Waals surface area contributed by atoms with E-state index in [2.05, 4.69) is 44.1 Å². The summed E-state index contributed by atoms with van der Waals surface area (Å²) < 4.78 is 5.66. The second-order valence-corrected chi connectivity index (χ2v) is 7.64. The van der Waals surface area contributed by atoms with Crippen LogP contribution in [0.5, 0.6) is 5.75 Å². The minimum absolute atomic E-state index is 0.0633. The summed E-state index contributed by atoms with van der Waals surface area (Å²) in [6.45, 7) is 14.0. The molecule has 0 amide bonds. The zero-order valence-corrected chi connectivity index (χ0v) is 14.5. The molecule has 1 radical (unpaired) electrons. The molecular weight excluding hydrogens is 282 g/mol. The SMILES string of the molecule is CCSc1cc(OC(C)(C)C#N)cnc1N[CH]C(C)(C)C. The molecule has 1 aromatic rings. The zero-order valence-electron chi connectivity index (χ0n) is 13.7. The van der Waals surface area contributed by atoms with Crippen molar-refractivity contribution in [1.82, 2.24) is 4.98 Å². The van der Waals surface area contributed by atoms with Gasteiger partial charge < -0.3 is 10.1 Å². The van der Waals surface area contributed by atoms with Gasteiger partial charge in [-0.3, -0.25) is 0 Å². The first kappa shape index (κ1) is 17.6. The van der Waals surface area contributed by atoms with E-state index in [1.165, 1.54) is 0 Å². The molecule has 0 aliphatic rings. The highest BCUT2D eigenvalue weighted by atomic mass is 32.2. The molecule has 0 unspecified atom stereocenters. The minimum atomic E-state index is -0.859. The molecule has 1 N–H and O–H groups in total. The third kappa shape index (κ3) is 6.26. The van der Waals surface area contributed by atoms with Gasteiger partial charge in [-0.1, -0.05) is 27.7 Å². The Morgan fingerprint density at radius 1 is 1.38 bits per heavy atom. The normalized spacial score (nSPS) is 11.9. The third-order valence-electron chi connectivity index (χ3n) is 2.41. The van der Waals surface area contributed by atoms with E-state index >= 15 is 0 Å². The number of nitrogens with one attached hydrogen (secondary N) is 1. The first-order valence-corrected chi connectivity index (χ1v) is 7.99. The Balaban J connectivity index is 2.94. The molecule has 1 heterocycles. The van der Waals surface area contributed by atoms with Crippen molar-refractivity contribution in [3.05, 3.63) is 18.8 Å².